The van der Waals surface area contributed by atoms with E-state index in [4.69, 9.17) is 15.0 Å². The third-order valence-corrected chi connectivity index (χ3v) is 13.6. The summed E-state index contributed by atoms with van der Waals surface area (Å²) < 4.78 is 7.16. The van der Waals surface area contributed by atoms with Crippen LogP contribution in [0.1, 0.15) is 0 Å². The zero-order valence-corrected chi connectivity index (χ0v) is 34.7. The molecule has 0 atom stereocenters. The van der Waals surface area contributed by atoms with E-state index in [1.165, 1.54) is 26.4 Å². The second kappa shape index (κ2) is 14.2. The first-order valence-electron chi connectivity index (χ1n) is 21.2. The molecule has 0 fully saturated rings. The average molecular weight is 822 g/mol. The van der Waals surface area contributed by atoms with Crippen LogP contribution in [-0.2, 0) is 0 Å². The molecule has 6 heteroatoms. The van der Waals surface area contributed by atoms with Crippen molar-refractivity contribution >= 4 is 75.1 Å². The second-order valence-electron chi connectivity index (χ2n) is 16.0. The fraction of sp³-hybridized carbons (Fsp3) is 0. The van der Waals surface area contributed by atoms with Crippen LogP contribution in [-0.4, -0.2) is 24.1 Å². The van der Waals surface area contributed by atoms with E-state index >= 15 is 0 Å². The van der Waals surface area contributed by atoms with Crippen molar-refractivity contribution in [2.45, 2.75) is 0 Å². The summed E-state index contributed by atoms with van der Waals surface area (Å²) in [6.45, 7) is 0. The Kier molecular flexibility index (Phi) is 8.01. The zero-order valence-electron chi connectivity index (χ0n) is 33.9. The van der Waals surface area contributed by atoms with Crippen LogP contribution >= 0.6 is 11.3 Å². The van der Waals surface area contributed by atoms with E-state index < -0.39 is 0 Å². The van der Waals surface area contributed by atoms with E-state index in [2.05, 4.69) is 203 Å². The highest BCUT2D eigenvalue weighted by atomic mass is 32.1. The van der Waals surface area contributed by atoms with Gasteiger partial charge in [0.1, 0.15) is 0 Å². The number of thiophene rings is 1. The highest BCUT2D eigenvalue weighted by molar-refractivity contribution is 7.26. The molecule has 0 bridgehead atoms. The smallest absolute Gasteiger partial charge is 0.238 e. The molecule has 0 unspecified atom stereocenters. The largest absolute Gasteiger partial charge is 0.307 e. The van der Waals surface area contributed by atoms with Crippen molar-refractivity contribution in [1.29, 1.82) is 0 Å². The summed E-state index contributed by atoms with van der Waals surface area (Å²) in [5.41, 5.74) is 11.9. The van der Waals surface area contributed by atoms with Crippen molar-refractivity contribution < 1.29 is 0 Å². The molecule has 63 heavy (non-hydrogen) atoms. The lowest BCUT2D eigenvalue weighted by atomic mass is 9.98. The SMILES string of the molecule is c1ccc(-c2ccc(-c3ccccc3)c(-n3c4ccccc4c4ccc5c6ccccc6n(-c6nc(-c7ccccc7)nc(-c7cccc8c7sc7ccccc78)n6)c5c43)c2)cc1. The molecular weight excluding hydrogens is 787 g/mol. The number of para-hydroxylation sites is 2. The average Bonchev–Trinajstić information content (AvgIpc) is 4.02. The van der Waals surface area contributed by atoms with Gasteiger partial charge in [0.15, 0.2) is 11.6 Å². The number of aromatic nitrogens is 5. The summed E-state index contributed by atoms with van der Waals surface area (Å²) in [6.07, 6.45) is 0. The molecule has 9 aromatic carbocycles. The van der Waals surface area contributed by atoms with Crippen LogP contribution in [0.5, 0.6) is 0 Å². The lowest BCUT2D eigenvalue weighted by Crippen LogP contribution is -2.07. The van der Waals surface area contributed by atoms with Crippen molar-refractivity contribution in [2.24, 2.45) is 0 Å². The number of nitrogens with zero attached hydrogens (tertiary/aromatic N) is 5. The molecular formula is C57H35N5S. The second-order valence-corrected chi connectivity index (χ2v) is 17.0. The van der Waals surface area contributed by atoms with Crippen molar-refractivity contribution in [1.82, 2.24) is 24.1 Å². The normalized spacial score (nSPS) is 11.8. The Morgan fingerprint density at radius 3 is 1.60 bits per heavy atom. The Morgan fingerprint density at radius 1 is 0.333 bits per heavy atom. The van der Waals surface area contributed by atoms with E-state index in [-0.39, 0.29) is 0 Å². The van der Waals surface area contributed by atoms with Gasteiger partial charge in [0.05, 0.1) is 27.8 Å². The van der Waals surface area contributed by atoms with Gasteiger partial charge < -0.3 is 4.57 Å². The molecule has 4 aromatic heterocycles. The minimum atomic E-state index is 0.564. The Morgan fingerprint density at radius 2 is 0.889 bits per heavy atom. The van der Waals surface area contributed by atoms with Gasteiger partial charge in [-0.25, -0.2) is 4.98 Å². The first-order chi connectivity index (χ1) is 31.3. The van der Waals surface area contributed by atoms with Crippen molar-refractivity contribution in [3.05, 3.63) is 212 Å². The molecule has 0 N–H and O–H groups in total. The molecule has 0 aliphatic heterocycles. The van der Waals surface area contributed by atoms with E-state index in [0.717, 1.165) is 76.4 Å². The molecule has 0 radical (unpaired) electrons. The summed E-state index contributed by atoms with van der Waals surface area (Å²) in [4.78, 5) is 16.2. The lowest BCUT2D eigenvalue weighted by Gasteiger charge is -2.17. The van der Waals surface area contributed by atoms with Crippen molar-refractivity contribution in [2.75, 3.05) is 0 Å². The number of hydrogen-bond acceptors (Lipinski definition) is 4. The minimum Gasteiger partial charge on any atom is -0.307 e. The summed E-state index contributed by atoms with van der Waals surface area (Å²) in [7, 11) is 0. The fourth-order valence-electron chi connectivity index (χ4n) is 9.57. The highest BCUT2D eigenvalue weighted by Crippen LogP contribution is 2.45. The number of rotatable bonds is 6. The van der Waals surface area contributed by atoms with Crippen LogP contribution < -0.4 is 0 Å². The van der Waals surface area contributed by atoms with Crippen molar-refractivity contribution in [3.8, 4) is 56.7 Å². The third kappa shape index (κ3) is 5.59. The third-order valence-electron chi connectivity index (χ3n) is 12.4. The Balaban J connectivity index is 1.18. The molecule has 0 amide bonds. The Labute approximate surface area is 366 Å². The molecule has 13 rings (SSSR count). The molecule has 0 spiro atoms. The summed E-state index contributed by atoms with van der Waals surface area (Å²) >= 11 is 1.79. The molecule has 13 aromatic rings. The summed E-state index contributed by atoms with van der Waals surface area (Å²) in [6, 6.07) is 75.6. The standard InChI is InChI=1S/C57H35N5S/c1-4-17-36(18-5-1)39-31-32-40(37-19-6-2-7-20-37)50(35-39)61-48-28-13-10-23-41(48)44-33-34-45-42-24-11-14-29-49(42)62(53(45)52(44)61)57-59-55(38-21-8-3-9-22-38)58-56(60-57)47-27-16-26-46-43-25-12-15-30-51(43)63-54(46)47/h1-35H. The molecule has 4 heterocycles. The van der Waals surface area contributed by atoms with E-state index in [1.54, 1.807) is 11.3 Å². The molecule has 294 valence electrons. The van der Waals surface area contributed by atoms with Crippen LogP contribution in [0, 0.1) is 0 Å². The first kappa shape index (κ1) is 35.6. The maximum absolute atomic E-state index is 5.51. The molecule has 0 aliphatic carbocycles. The zero-order chi connectivity index (χ0) is 41.4. The Bertz CT molecular complexity index is 3900. The quantitative estimate of drug-likeness (QED) is 0.168. The van der Waals surface area contributed by atoms with Gasteiger partial charge in [-0.1, -0.05) is 182 Å². The van der Waals surface area contributed by atoms with Gasteiger partial charge in [0, 0.05) is 58.4 Å². The maximum Gasteiger partial charge on any atom is 0.238 e. The summed E-state index contributed by atoms with van der Waals surface area (Å²) in [5, 5.41) is 7.01. The molecule has 5 nitrogen and oxygen atoms in total. The first-order valence-corrected chi connectivity index (χ1v) is 22.0. The van der Waals surface area contributed by atoms with Crippen LogP contribution in [0.15, 0.2) is 212 Å². The number of fused-ring (bicyclic) bond motifs is 10. The van der Waals surface area contributed by atoms with Gasteiger partial charge in [0.2, 0.25) is 5.95 Å². The van der Waals surface area contributed by atoms with Gasteiger partial charge in [-0.15, -0.1) is 11.3 Å². The van der Waals surface area contributed by atoms with E-state index in [1.807, 2.05) is 18.2 Å². The van der Waals surface area contributed by atoms with Crippen LogP contribution in [0.2, 0.25) is 0 Å². The molecule has 0 aliphatic rings. The monoisotopic (exact) mass is 821 g/mol. The highest BCUT2D eigenvalue weighted by Gasteiger charge is 2.25. The lowest BCUT2D eigenvalue weighted by molar-refractivity contribution is 0.954. The predicted molar refractivity (Wildman–Crippen MR) is 263 cm³/mol. The van der Waals surface area contributed by atoms with E-state index in [9.17, 15) is 0 Å². The van der Waals surface area contributed by atoms with Crippen LogP contribution in [0.3, 0.4) is 0 Å². The molecule has 0 saturated heterocycles. The topological polar surface area (TPSA) is 48.5 Å². The van der Waals surface area contributed by atoms with Gasteiger partial charge in [0.25, 0.3) is 0 Å². The van der Waals surface area contributed by atoms with Gasteiger partial charge in [-0.05, 0) is 47.0 Å². The predicted octanol–water partition coefficient (Wildman–Crippen LogP) is 15.1. The van der Waals surface area contributed by atoms with Gasteiger partial charge in [-0.3, -0.25) is 4.57 Å². The van der Waals surface area contributed by atoms with Crippen molar-refractivity contribution in [3.63, 3.8) is 0 Å². The number of benzene rings is 9. The fourth-order valence-corrected chi connectivity index (χ4v) is 10.8. The van der Waals surface area contributed by atoms with Crippen LogP contribution in [0.4, 0.5) is 0 Å². The molecule has 0 saturated carbocycles. The maximum atomic E-state index is 5.51. The van der Waals surface area contributed by atoms with Gasteiger partial charge >= 0.3 is 0 Å². The van der Waals surface area contributed by atoms with Gasteiger partial charge in [-0.2, -0.15) is 9.97 Å². The number of hydrogen-bond donors (Lipinski definition) is 0. The minimum absolute atomic E-state index is 0.564. The Hall–Kier alpha value is -8.19. The van der Waals surface area contributed by atoms with E-state index in [0.29, 0.717) is 17.6 Å². The summed E-state index contributed by atoms with van der Waals surface area (Å²) in [5.74, 6) is 1.82. The van der Waals surface area contributed by atoms with Crippen LogP contribution in [0.25, 0.3) is 120 Å².